The Labute approximate surface area is 226 Å². The number of rotatable bonds is 14. The largest absolute Gasteiger partial charge is 0.468 e. The van der Waals surface area contributed by atoms with Gasteiger partial charge in [0.25, 0.3) is 0 Å². The number of hydrogen-bond acceptors (Lipinski definition) is 7. The minimum absolute atomic E-state index is 0.00866. The maximum Gasteiger partial charge on any atom is 0.408 e. The summed E-state index contributed by atoms with van der Waals surface area (Å²) in [7, 11) is 1.23. The zero-order valence-electron chi connectivity index (χ0n) is 23.0. The van der Waals surface area contributed by atoms with E-state index in [0.717, 1.165) is 31.2 Å². The quantitative estimate of drug-likeness (QED) is 0.188. The fraction of sp³-hybridized carbons (Fsp3) is 0.630. The van der Waals surface area contributed by atoms with Gasteiger partial charge in [-0.25, -0.2) is 4.79 Å². The molecular formula is C27H43N3O6S. The zero-order chi connectivity index (χ0) is 28.0. The molecule has 2 atom stereocenters. The van der Waals surface area contributed by atoms with Gasteiger partial charge in [0.05, 0.1) is 7.11 Å². The van der Waals surface area contributed by atoms with E-state index in [1.54, 1.807) is 26.8 Å². The maximum atomic E-state index is 13.8. The lowest BCUT2D eigenvalue weighted by atomic mass is 10.00. The Kier molecular flexibility index (Phi) is 14.1. The number of nitrogens with one attached hydrogen (secondary N) is 2. The first-order chi connectivity index (χ1) is 17.4. The number of aryl methyl sites for hydroxylation is 1. The Morgan fingerprint density at radius 1 is 1.08 bits per heavy atom. The number of nitrogens with zero attached hydrogens (tertiary/aromatic N) is 1. The van der Waals surface area contributed by atoms with Crippen molar-refractivity contribution < 1.29 is 28.7 Å². The van der Waals surface area contributed by atoms with Crippen LogP contribution in [0.5, 0.6) is 0 Å². The number of carbonyl (C=O) groups is 4. The van der Waals surface area contributed by atoms with E-state index in [2.05, 4.69) is 34.9 Å². The SMILES string of the molecule is CCCCCCCN(C(=O)C(CS)NC(=O)OC(C)(C)C)C(C(=O)NCC(=O)OC)c1cccc(C)c1. The van der Waals surface area contributed by atoms with Gasteiger partial charge >= 0.3 is 12.1 Å². The number of amides is 3. The van der Waals surface area contributed by atoms with Crippen LogP contribution in [0.1, 0.15) is 77.0 Å². The molecule has 0 aliphatic rings. The number of unbranched alkanes of at least 4 members (excludes halogenated alkanes) is 4. The molecule has 208 valence electrons. The summed E-state index contributed by atoms with van der Waals surface area (Å²) in [5.74, 6) is -1.58. The van der Waals surface area contributed by atoms with Gasteiger partial charge in [-0.1, -0.05) is 62.4 Å². The third kappa shape index (κ3) is 11.9. The highest BCUT2D eigenvalue weighted by molar-refractivity contribution is 7.80. The second-order valence-corrected chi connectivity index (χ2v) is 10.3. The Hall–Kier alpha value is -2.75. The molecule has 10 heteroatoms. The summed E-state index contributed by atoms with van der Waals surface area (Å²) in [6, 6.07) is 5.26. The lowest BCUT2D eigenvalue weighted by molar-refractivity contribution is -0.144. The van der Waals surface area contributed by atoms with Crippen LogP contribution in [0.2, 0.25) is 0 Å². The molecule has 0 bridgehead atoms. The lowest BCUT2D eigenvalue weighted by Crippen LogP contribution is -2.54. The van der Waals surface area contributed by atoms with E-state index in [9.17, 15) is 19.2 Å². The van der Waals surface area contributed by atoms with Gasteiger partial charge in [-0.2, -0.15) is 12.6 Å². The highest BCUT2D eigenvalue weighted by Gasteiger charge is 2.35. The van der Waals surface area contributed by atoms with Gasteiger partial charge in [0.15, 0.2) is 0 Å². The molecule has 2 N–H and O–H groups in total. The fourth-order valence-corrected chi connectivity index (χ4v) is 3.98. The third-order valence-electron chi connectivity index (χ3n) is 5.51. The molecule has 3 amide bonds. The first kappa shape index (κ1) is 32.3. The van der Waals surface area contributed by atoms with Crippen molar-refractivity contribution in [2.24, 2.45) is 0 Å². The fourth-order valence-electron chi connectivity index (χ4n) is 3.73. The number of esters is 1. The first-order valence-electron chi connectivity index (χ1n) is 12.7. The van der Waals surface area contributed by atoms with E-state index in [0.29, 0.717) is 12.0 Å². The average molecular weight is 538 g/mol. The van der Waals surface area contributed by atoms with Crippen molar-refractivity contribution >= 4 is 36.5 Å². The van der Waals surface area contributed by atoms with Crippen LogP contribution in [0.15, 0.2) is 24.3 Å². The molecule has 0 aliphatic carbocycles. The standard InChI is InChI=1S/C27H43N3O6S/c1-7-8-9-10-11-15-30(25(33)21(18-37)29-26(34)36-27(3,4)5)23(20-14-12-13-19(2)16-20)24(32)28-17-22(31)35-6/h12-14,16,21,23,37H,7-11,15,17-18H2,1-6H3,(H,28,32)(H,29,34). The summed E-state index contributed by atoms with van der Waals surface area (Å²) in [6.45, 7) is 9.15. The van der Waals surface area contributed by atoms with E-state index in [4.69, 9.17) is 4.74 Å². The van der Waals surface area contributed by atoms with Crippen LogP contribution in [-0.4, -0.2) is 66.4 Å². The van der Waals surface area contributed by atoms with Gasteiger partial charge in [0, 0.05) is 12.3 Å². The Balaban J connectivity index is 3.35. The van der Waals surface area contributed by atoms with E-state index < -0.39 is 41.6 Å². The molecule has 0 fully saturated rings. The molecule has 1 aromatic carbocycles. The monoisotopic (exact) mass is 537 g/mol. The first-order valence-corrected chi connectivity index (χ1v) is 13.4. The summed E-state index contributed by atoms with van der Waals surface area (Å²) in [5, 5.41) is 5.18. The second kappa shape index (κ2) is 16.2. The smallest absolute Gasteiger partial charge is 0.408 e. The molecule has 0 saturated heterocycles. The number of ether oxygens (including phenoxy) is 2. The summed E-state index contributed by atoms with van der Waals surface area (Å²) >= 11 is 4.30. The predicted molar refractivity (Wildman–Crippen MR) is 146 cm³/mol. The van der Waals surface area contributed by atoms with Crippen LogP contribution >= 0.6 is 12.6 Å². The third-order valence-corrected chi connectivity index (χ3v) is 5.87. The normalized spacial score (nSPS) is 12.7. The molecule has 0 radical (unpaired) electrons. The predicted octanol–water partition coefficient (Wildman–Crippen LogP) is 3.95. The van der Waals surface area contributed by atoms with Gasteiger partial charge in [0.1, 0.15) is 24.2 Å². The van der Waals surface area contributed by atoms with Crippen molar-refractivity contribution in [3.8, 4) is 0 Å². The molecule has 9 nitrogen and oxygen atoms in total. The summed E-state index contributed by atoms with van der Waals surface area (Å²) in [6.07, 6.45) is 3.97. The number of hydrogen-bond donors (Lipinski definition) is 3. The average Bonchev–Trinajstić information content (AvgIpc) is 2.83. The van der Waals surface area contributed by atoms with E-state index >= 15 is 0 Å². The van der Waals surface area contributed by atoms with Crippen LogP contribution in [-0.2, 0) is 23.9 Å². The highest BCUT2D eigenvalue weighted by Crippen LogP contribution is 2.25. The number of alkyl carbamates (subject to hydrolysis) is 1. The second-order valence-electron chi connectivity index (χ2n) is 9.94. The van der Waals surface area contributed by atoms with Crippen LogP contribution in [0.3, 0.4) is 0 Å². The lowest BCUT2D eigenvalue weighted by Gasteiger charge is -2.34. The summed E-state index contributed by atoms with van der Waals surface area (Å²) in [5.41, 5.74) is 0.765. The van der Waals surface area contributed by atoms with Gasteiger partial charge in [-0.15, -0.1) is 0 Å². The molecule has 0 heterocycles. The summed E-state index contributed by atoms with van der Waals surface area (Å²) in [4.78, 5) is 52.9. The van der Waals surface area contributed by atoms with Crippen LogP contribution in [0.4, 0.5) is 4.79 Å². The molecule has 2 unspecified atom stereocenters. The number of thiol groups is 1. The van der Waals surface area contributed by atoms with E-state index in [1.165, 1.54) is 12.0 Å². The van der Waals surface area contributed by atoms with Crippen molar-refractivity contribution in [3.63, 3.8) is 0 Å². The van der Waals surface area contributed by atoms with Crippen LogP contribution < -0.4 is 10.6 Å². The van der Waals surface area contributed by atoms with Gasteiger partial charge in [-0.3, -0.25) is 14.4 Å². The molecule has 1 rings (SSSR count). The Morgan fingerprint density at radius 2 is 1.76 bits per heavy atom. The minimum atomic E-state index is -1.02. The van der Waals surface area contributed by atoms with Gasteiger partial charge in [-0.05, 0) is 39.7 Å². The van der Waals surface area contributed by atoms with E-state index in [1.807, 2.05) is 25.1 Å². The van der Waals surface area contributed by atoms with Crippen molar-refractivity contribution in [2.45, 2.75) is 84.4 Å². The summed E-state index contributed by atoms with van der Waals surface area (Å²) < 4.78 is 9.97. The molecule has 0 spiro atoms. The molecule has 37 heavy (non-hydrogen) atoms. The maximum absolute atomic E-state index is 13.8. The van der Waals surface area contributed by atoms with E-state index in [-0.39, 0.29) is 18.8 Å². The Bertz CT molecular complexity index is 902. The zero-order valence-corrected chi connectivity index (χ0v) is 23.9. The van der Waals surface area contributed by atoms with Gasteiger partial charge in [0.2, 0.25) is 11.8 Å². The number of carbonyl (C=O) groups excluding carboxylic acids is 4. The topological polar surface area (TPSA) is 114 Å². The number of benzene rings is 1. The van der Waals surface area contributed by atoms with Crippen molar-refractivity contribution in [2.75, 3.05) is 26.0 Å². The molecule has 0 aliphatic heterocycles. The van der Waals surface area contributed by atoms with Crippen molar-refractivity contribution in [1.29, 1.82) is 0 Å². The van der Waals surface area contributed by atoms with Gasteiger partial charge < -0.3 is 25.0 Å². The molecule has 0 saturated carbocycles. The molecular weight excluding hydrogens is 494 g/mol. The minimum Gasteiger partial charge on any atom is -0.468 e. The molecule has 1 aromatic rings. The van der Waals surface area contributed by atoms with Crippen LogP contribution in [0, 0.1) is 6.92 Å². The van der Waals surface area contributed by atoms with Crippen molar-refractivity contribution in [1.82, 2.24) is 15.5 Å². The van der Waals surface area contributed by atoms with Crippen molar-refractivity contribution in [3.05, 3.63) is 35.4 Å². The highest BCUT2D eigenvalue weighted by atomic mass is 32.1. The molecule has 0 aromatic heterocycles. The van der Waals surface area contributed by atoms with Crippen LogP contribution in [0.25, 0.3) is 0 Å². The Morgan fingerprint density at radius 3 is 2.32 bits per heavy atom. The number of methoxy groups -OCH3 is 1.